The van der Waals surface area contributed by atoms with E-state index in [0.29, 0.717) is 6.54 Å². The number of benzene rings is 1. The highest BCUT2D eigenvalue weighted by atomic mass is 16.2. The van der Waals surface area contributed by atoms with Crippen molar-refractivity contribution in [2.24, 2.45) is 0 Å². The molecule has 0 fully saturated rings. The second-order valence-electron chi connectivity index (χ2n) is 3.66. The zero-order valence-electron chi connectivity index (χ0n) is 9.19. The van der Waals surface area contributed by atoms with Crippen LogP contribution >= 0.6 is 0 Å². The van der Waals surface area contributed by atoms with Crippen LogP contribution in [0.3, 0.4) is 0 Å². The van der Waals surface area contributed by atoms with E-state index in [0.717, 1.165) is 12.0 Å². The number of aromatic nitrogens is 2. The van der Waals surface area contributed by atoms with Crippen LogP contribution in [0.2, 0.25) is 0 Å². The maximum Gasteiger partial charge on any atom is 0.269 e. The molecule has 88 valence electrons. The summed E-state index contributed by atoms with van der Waals surface area (Å²) in [5.41, 5.74) is 1.11. The third-order valence-electron chi connectivity index (χ3n) is 2.38. The van der Waals surface area contributed by atoms with Crippen molar-refractivity contribution in [3.8, 4) is 0 Å². The first kappa shape index (κ1) is 11.2. The molecule has 0 aliphatic carbocycles. The van der Waals surface area contributed by atoms with E-state index in [1.807, 2.05) is 30.3 Å². The van der Waals surface area contributed by atoms with Gasteiger partial charge in [-0.1, -0.05) is 30.3 Å². The van der Waals surface area contributed by atoms with E-state index in [1.165, 1.54) is 6.07 Å². The first-order valence-corrected chi connectivity index (χ1v) is 5.35. The maximum absolute atomic E-state index is 11.5. The molecule has 0 atom stereocenters. The molecule has 5 nitrogen and oxygen atoms in total. The third-order valence-corrected chi connectivity index (χ3v) is 2.38. The normalized spacial score (nSPS) is 10.1. The van der Waals surface area contributed by atoms with Crippen molar-refractivity contribution in [1.29, 1.82) is 0 Å². The van der Waals surface area contributed by atoms with Crippen LogP contribution in [0.15, 0.2) is 41.2 Å². The van der Waals surface area contributed by atoms with E-state index in [2.05, 4.69) is 15.5 Å². The lowest BCUT2D eigenvalue weighted by molar-refractivity contribution is 0.0949. The number of carbonyl (C=O) groups is 1. The van der Waals surface area contributed by atoms with Crippen molar-refractivity contribution >= 4 is 5.91 Å². The minimum Gasteiger partial charge on any atom is -0.350 e. The first-order valence-electron chi connectivity index (χ1n) is 5.35. The van der Waals surface area contributed by atoms with Gasteiger partial charge < -0.3 is 5.32 Å². The molecule has 3 N–H and O–H groups in total. The molecule has 2 rings (SSSR count). The summed E-state index contributed by atoms with van der Waals surface area (Å²) in [5.74, 6) is -0.278. The summed E-state index contributed by atoms with van der Waals surface area (Å²) < 4.78 is 0. The predicted molar refractivity (Wildman–Crippen MR) is 63.9 cm³/mol. The molecule has 1 heterocycles. The van der Waals surface area contributed by atoms with E-state index in [-0.39, 0.29) is 17.2 Å². The van der Waals surface area contributed by atoms with Crippen molar-refractivity contribution in [3.05, 3.63) is 58.0 Å². The molecule has 2 aromatic rings. The van der Waals surface area contributed by atoms with Gasteiger partial charge >= 0.3 is 0 Å². The van der Waals surface area contributed by atoms with Gasteiger partial charge in [0.1, 0.15) is 5.69 Å². The van der Waals surface area contributed by atoms with Crippen LogP contribution in [0.25, 0.3) is 0 Å². The molecule has 1 amide bonds. The lowest BCUT2D eigenvalue weighted by atomic mass is 10.1. The third kappa shape index (κ3) is 3.07. The van der Waals surface area contributed by atoms with Gasteiger partial charge in [0.25, 0.3) is 11.5 Å². The molecule has 0 aliphatic heterocycles. The monoisotopic (exact) mass is 231 g/mol. The van der Waals surface area contributed by atoms with Crippen molar-refractivity contribution < 1.29 is 4.79 Å². The molecule has 5 heteroatoms. The van der Waals surface area contributed by atoms with Crippen LogP contribution in [-0.2, 0) is 6.42 Å². The molecule has 0 unspecified atom stereocenters. The minimum atomic E-state index is -0.307. The van der Waals surface area contributed by atoms with Gasteiger partial charge in [-0.15, -0.1) is 0 Å². The van der Waals surface area contributed by atoms with Crippen LogP contribution in [0.1, 0.15) is 16.1 Å². The van der Waals surface area contributed by atoms with Gasteiger partial charge in [-0.3, -0.25) is 19.8 Å². The van der Waals surface area contributed by atoms with Crippen molar-refractivity contribution in [1.82, 2.24) is 15.5 Å². The van der Waals surface area contributed by atoms with Gasteiger partial charge in [0.2, 0.25) is 0 Å². The lowest BCUT2D eigenvalue weighted by Gasteiger charge is -2.03. The summed E-state index contributed by atoms with van der Waals surface area (Å²) in [6.45, 7) is 0.538. The van der Waals surface area contributed by atoms with Gasteiger partial charge in [0, 0.05) is 12.6 Å². The Morgan fingerprint density at radius 2 is 1.94 bits per heavy atom. The highest BCUT2D eigenvalue weighted by molar-refractivity contribution is 5.92. The fourth-order valence-corrected chi connectivity index (χ4v) is 1.51. The van der Waals surface area contributed by atoms with Crippen LogP contribution in [0, 0.1) is 0 Å². The molecule has 17 heavy (non-hydrogen) atoms. The Bertz CT molecular complexity index is 542. The Balaban J connectivity index is 1.83. The number of amides is 1. The Morgan fingerprint density at radius 1 is 1.18 bits per heavy atom. The number of H-pyrrole nitrogens is 2. The van der Waals surface area contributed by atoms with Crippen molar-refractivity contribution in [3.63, 3.8) is 0 Å². The molecule has 0 radical (unpaired) electrons. The van der Waals surface area contributed by atoms with E-state index < -0.39 is 0 Å². The number of nitrogens with one attached hydrogen (secondary N) is 3. The average molecular weight is 231 g/mol. The van der Waals surface area contributed by atoms with Gasteiger partial charge in [-0.2, -0.15) is 0 Å². The van der Waals surface area contributed by atoms with Crippen LogP contribution in [-0.4, -0.2) is 22.6 Å². The molecule has 0 saturated carbocycles. The number of rotatable bonds is 4. The SMILES string of the molecule is O=C(NCCc1ccccc1)c1cc(=O)[nH][nH]1. The summed E-state index contributed by atoms with van der Waals surface area (Å²) in [6.07, 6.45) is 0.765. The topological polar surface area (TPSA) is 77.8 Å². The fraction of sp³-hybridized carbons (Fsp3) is 0.167. The predicted octanol–water partition coefficient (Wildman–Crippen LogP) is 0.675. The summed E-state index contributed by atoms with van der Waals surface area (Å²) in [5, 5.41) is 7.55. The Labute approximate surface area is 97.9 Å². The molecular formula is C12H13N3O2. The second kappa shape index (κ2) is 5.16. The Hall–Kier alpha value is -2.30. The van der Waals surface area contributed by atoms with Gasteiger partial charge in [-0.25, -0.2) is 0 Å². The molecule has 1 aromatic heterocycles. The zero-order chi connectivity index (χ0) is 12.1. The van der Waals surface area contributed by atoms with E-state index in [9.17, 15) is 9.59 Å². The zero-order valence-corrected chi connectivity index (χ0v) is 9.19. The van der Waals surface area contributed by atoms with E-state index in [1.54, 1.807) is 0 Å². The second-order valence-corrected chi connectivity index (χ2v) is 3.66. The first-order chi connectivity index (χ1) is 8.25. The molecule has 0 spiro atoms. The van der Waals surface area contributed by atoms with Crippen molar-refractivity contribution in [2.45, 2.75) is 6.42 Å². The molecule has 0 bridgehead atoms. The molecular weight excluding hydrogens is 218 g/mol. The average Bonchev–Trinajstić information content (AvgIpc) is 2.77. The lowest BCUT2D eigenvalue weighted by Crippen LogP contribution is -2.26. The summed E-state index contributed by atoms with van der Waals surface area (Å²) in [6, 6.07) is 11.1. The van der Waals surface area contributed by atoms with Gasteiger partial charge in [0.15, 0.2) is 0 Å². The summed E-state index contributed by atoms with van der Waals surface area (Å²) >= 11 is 0. The van der Waals surface area contributed by atoms with Crippen LogP contribution < -0.4 is 10.9 Å². The Kier molecular flexibility index (Phi) is 3.40. The van der Waals surface area contributed by atoms with E-state index >= 15 is 0 Å². The number of carbonyl (C=O) groups excluding carboxylic acids is 1. The molecule has 0 aliphatic rings. The molecule has 0 saturated heterocycles. The smallest absolute Gasteiger partial charge is 0.269 e. The minimum absolute atomic E-state index is 0.253. The largest absolute Gasteiger partial charge is 0.350 e. The number of hydrogen-bond acceptors (Lipinski definition) is 2. The number of aromatic amines is 2. The van der Waals surface area contributed by atoms with Crippen LogP contribution in [0.4, 0.5) is 0 Å². The van der Waals surface area contributed by atoms with Crippen LogP contribution in [0.5, 0.6) is 0 Å². The highest BCUT2D eigenvalue weighted by Gasteiger charge is 2.06. The van der Waals surface area contributed by atoms with Gasteiger partial charge in [-0.05, 0) is 12.0 Å². The molecule has 1 aromatic carbocycles. The fourth-order valence-electron chi connectivity index (χ4n) is 1.51. The quantitative estimate of drug-likeness (QED) is 0.723. The highest BCUT2D eigenvalue weighted by Crippen LogP contribution is 1.98. The standard InChI is InChI=1S/C12H13N3O2/c16-11-8-10(14-15-11)12(17)13-7-6-9-4-2-1-3-5-9/h1-5,8H,6-7H2,(H,13,17)(H2,14,15,16). The number of hydrogen-bond donors (Lipinski definition) is 3. The van der Waals surface area contributed by atoms with Gasteiger partial charge in [0.05, 0.1) is 0 Å². The summed E-state index contributed by atoms with van der Waals surface area (Å²) in [4.78, 5) is 22.4. The van der Waals surface area contributed by atoms with Crippen molar-refractivity contribution in [2.75, 3.05) is 6.54 Å². The van der Waals surface area contributed by atoms with E-state index in [4.69, 9.17) is 0 Å². The summed E-state index contributed by atoms with van der Waals surface area (Å²) in [7, 11) is 0. The Morgan fingerprint density at radius 3 is 2.59 bits per heavy atom. The maximum atomic E-state index is 11.5.